The predicted octanol–water partition coefficient (Wildman–Crippen LogP) is 0.588. The Labute approximate surface area is 109 Å². The number of hydrogen-bond donors (Lipinski definition) is 2. The lowest BCUT2D eigenvalue weighted by Gasteiger charge is -2.07. The fourth-order valence-electron chi connectivity index (χ4n) is 1.45. The molecule has 0 atom stereocenters. The number of hydrogen-bond acceptors (Lipinski definition) is 6. The highest BCUT2D eigenvalue weighted by atomic mass is 16.5. The highest BCUT2D eigenvalue weighted by Gasteiger charge is 2.11. The summed E-state index contributed by atoms with van der Waals surface area (Å²) in [6.45, 7) is 0.376. The Kier molecular flexibility index (Phi) is 4.22. The maximum Gasteiger partial charge on any atom is 0.243 e. The first-order valence-corrected chi connectivity index (χ1v) is 5.63. The molecule has 0 aliphatic heterocycles. The highest BCUT2D eigenvalue weighted by molar-refractivity contribution is 5.97. The minimum absolute atomic E-state index is 0.138. The fraction of sp³-hybridized carbons (Fsp3) is 0.167. The summed E-state index contributed by atoms with van der Waals surface area (Å²) in [6.07, 6.45) is 5.27. The third kappa shape index (κ3) is 3.38. The van der Waals surface area contributed by atoms with Crippen molar-refractivity contribution in [1.29, 1.82) is 0 Å². The van der Waals surface area contributed by atoms with E-state index in [0.29, 0.717) is 13.0 Å². The zero-order valence-corrected chi connectivity index (χ0v) is 10.1. The molecular formula is C12H13N5O2. The average Bonchev–Trinajstić information content (AvgIpc) is 2.48. The molecule has 2 heterocycles. The summed E-state index contributed by atoms with van der Waals surface area (Å²) >= 11 is 0. The Morgan fingerprint density at radius 3 is 2.79 bits per heavy atom. The van der Waals surface area contributed by atoms with Crippen LogP contribution in [0, 0.1) is 0 Å². The summed E-state index contributed by atoms with van der Waals surface area (Å²) in [5, 5.41) is 11.5. The molecule has 0 fully saturated rings. The van der Waals surface area contributed by atoms with Gasteiger partial charge in [-0.3, -0.25) is 4.98 Å². The maximum absolute atomic E-state index is 8.65. The second-order valence-corrected chi connectivity index (χ2v) is 3.61. The van der Waals surface area contributed by atoms with Gasteiger partial charge in [-0.15, -0.1) is 0 Å². The minimum Gasteiger partial charge on any atom is -0.476 e. The van der Waals surface area contributed by atoms with Crippen molar-refractivity contribution in [3.05, 3.63) is 48.2 Å². The van der Waals surface area contributed by atoms with E-state index in [1.165, 1.54) is 12.4 Å². The Hall–Kier alpha value is -2.70. The van der Waals surface area contributed by atoms with Gasteiger partial charge in [-0.25, -0.2) is 9.97 Å². The van der Waals surface area contributed by atoms with Gasteiger partial charge in [-0.05, 0) is 12.1 Å². The van der Waals surface area contributed by atoms with Crippen molar-refractivity contribution in [1.82, 2.24) is 15.0 Å². The summed E-state index contributed by atoms with van der Waals surface area (Å²) in [5.41, 5.74) is 6.61. The van der Waals surface area contributed by atoms with Gasteiger partial charge in [0, 0.05) is 30.7 Å². The zero-order chi connectivity index (χ0) is 13.5. The molecule has 0 amide bonds. The second-order valence-electron chi connectivity index (χ2n) is 3.61. The molecule has 2 aromatic heterocycles. The largest absolute Gasteiger partial charge is 0.476 e. The minimum atomic E-state index is -0.138. The van der Waals surface area contributed by atoms with Gasteiger partial charge < -0.3 is 15.7 Å². The molecule has 0 saturated carbocycles. The van der Waals surface area contributed by atoms with Crippen molar-refractivity contribution in [2.45, 2.75) is 6.42 Å². The summed E-state index contributed by atoms with van der Waals surface area (Å²) in [6, 6.07) is 5.67. The first-order chi connectivity index (χ1) is 9.31. The van der Waals surface area contributed by atoms with Gasteiger partial charge in [0.1, 0.15) is 0 Å². The first-order valence-electron chi connectivity index (χ1n) is 5.63. The average molecular weight is 259 g/mol. The van der Waals surface area contributed by atoms with Crippen molar-refractivity contribution in [2.24, 2.45) is 10.9 Å². The smallest absolute Gasteiger partial charge is 0.243 e. The Morgan fingerprint density at radius 2 is 2.05 bits per heavy atom. The summed E-state index contributed by atoms with van der Waals surface area (Å²) < 4.78 is 5.48. The molecule has 7 heteroatoms. The molecule has 3 N–H and O–H groups in total. The highest BCUT2D eigenvalue weighted by Crippen LogP contribution is 2.11. The van der Waals surface area contributed by atoms with E-state index in [1.807, 2.05) is 18.2 Å². The zero-order valence-electron chi connectivity index (χ0n) is 10.1. The topological polar surface area (TPSA) is 107 Å². The molecular weight excluding hydrogens is 246 g/mol. The van der Waals surface area contributed by atoms with Gasteiger partial charge in [0.25, 0.3) is 0 Å². The van der Waals surface area contributed by atoms with Crippen molar-refractivity contribution in [3.63, 3.8) is 0 Å². The van der Waals surface area contributed by atoms with Crippen molar-refractivity contribution >= 4 is 5.84 Å². The van der Waals surface area contributed by atoms with Crippen LogP contribution < -0.4 is 10.5 Å². The molecule has 2 aromatic rings. The molecule has 7 nitrogen and oxygen atoms in total. The molecule has 19 heavy (non-hydrogen) atoms. The second kappa shape index (κ2) is 6.29. The summed E-state index contributed by atoms with van der Waals surface area (Å²) in [4.78, 5) is 12.1. The SMILES string of the molecule is NC(=NO)c1nccnc1OCCc1ccccn1. The normalized spacial score (nSPS) is 11.3. The monoisotopic (exact) mass is 259 g/mol. The maximum atomic E-state index is 8.65. The third-order valence-electron chi connectivity index (χ3n) is 2.34. The van der Waals surface area contributed by atoms with Crippen LogP contribution in [0.15, 0.2) is 41.9 Å². The number of nitrogens with zero attached hydrogens (tertiary/aromatic N) is 4. The number of pyridine rings is 1. The van der Waals surface area contributed by atoms with Crippen LogP contribution in [0.3, 0.4) is 0 Å². The van der Waals surface area contributed by atoms with Crippen LogP contribution in [0.1, 0.15) is 11.4 Å². The fourth-order valence-corrected chi connectivity index (χ4v) is 1.45. The molecule has 0 unspecified atom stereocenters. The van der Waals surface area contributed by atoms with Gasteiger partial charge >= 0.3 is 0 Å². The molecule has 0 aromatic carbocycles. The van der Waals surface area contributed by atoms with Crippen LogP contribution in [0.2, 0.25) is 0 Å². The number of oxime groups is 1. The first kappa shape index (κ1) is 12.7. The molecule has 0 spiro atoms. The van der Waals surface area contributed by atoms with Gasteiger partial charge in [-0.2, -0.15) is 0 Å². The van der Waals surface area contributed by atoms with Gasteiger partial charge in [0.15, 0.2) is 11.5 Å². The van der Waals surface area contributed by atoms with Crippen LogP contribution in [0.5, 0.6) is 5.88 Å². The quantitative estimate of drug-likeness (QED) is 0.352. The van der Waals surface area contributed by atoms with E-state index in [-0.39, 0.29) is 17.4 Å². The van der Waals surface area contributed by atoms with Gasteiger partial charge in [0.05, 0.1) is 6.61 Å². The predicted molar refractivity (Wildman–Crippen MR) is 68.0 cm³/mol. The van der Waals surface area contributed by atoms with Gasteiger partial charge in [0.2, 0.25) is 5.88 Å². The van der Waals surface area contributed by atoms with E-state index in [9.17, 15) is 0 Å². The number of nitrogens with two attached hydrogens (primary N) is 1. The van der Waals surface area contributed by atoms with Crippen LogP contribution in [-0.2, 0) is 6.42 Å². The Balaban J connectivity index is 2.00. The molecule has 0 aliphatic carbocycles. The van der Waals surface area contributed by atoms with E-state index in [4.69, 9.17) is 15.7 Å². The van der Waals surface area contributed by atoms with E-state index < -0.39 is 0 Å². The van der Waals surface area contributed by atoms with Crippen molar-refractivity contribution in [2.75, 3.05) is 6.61 Å². The van der Waals surface area contributed by atoms with Crippen LogP contribution in [0.4, 0.5) is 0 Å². The van der Waals surface area contributed by atoms with Crippen LogP contribution in [0.25, 0.3) is 0 Å². The van der Waals surface area contributed by atoms with Gasteiger partial charge in [-0.1, -0.05) is 11.2 Å². The van der Waals surface area contributed by atoms with E-state index in [2.05, 4.69) is 20.1 Å². The van der Waals surface area contributed by atoms with Crippen LogP contribution in [-0.4, -0.2) is 32.6 Å². The van der Waals surface area contributed by atoms with Crippen molar-refractivity contribution in [3.8, 4) is 5.88 Å². The molecule has 2 rings (SSSR count). The lowest BCUT2D eigenvalue weighted by atomic mass is 10.3. The Bertz CT molecular complexity index is 559. The molecule has 98 valence electrons. The number of rotatable bonds is 5. The van der Waals surface area contributed by atoms with E-state index in [0.717, 1.165) is 5.69 Å². The lowest BCUT2D eigenvalue weighted by Crippen LogP contribution is -2.18. The molecule has 0 radical (unpaired) electrons. The number of amidine groups is 1. The number of aromatic nitrogens is 3. The molecule has 0 saturated heterocycles. The van der Waals surface area contributed by atoms with E-state index >= 15 is 0 Å². The lowest BCUT2D eigenvalue weighted by molar-refractivity contribution is 0.303. The summed E-state index contributed by atoms with van der Waals surface area (Å²) in [5.74, 6) is 0.0923. The third-order valence-corrected chi connectivity index (χ3v) is 2.34. The van der Waals surface area contributed by atoms with Crippen LogP contribution >= 0.6 is 0 Å². The Morgan fingerprint density at radius 1 is 1.21 bits per heavy atom. The number of ether oxygens (including phenoxy) is 1. The van der Waals surface area contributed by atoms with Crippen molar-refractivity contribution < 1.29 is 9.94 Å². The summed E-state index contributed by atoms with van der Waals surface area (Å²) in [7, 11) is 0. The molecule has 0 bridgehead atoms. The standard InChI is InChI=1S/C12H13N5O2/c13-11(17-18)10-12(16-7-6-15-10)19-8-4-9-3-1-2-5-14-9/h1-3,5-7,18H,4,8H2,(H2,13,17). The van der Waals surface area contributed by atoms with E-state index in [1.54, 1.807) is 6.20 Å². The molecule has 0 aliphatic rings.